The summed E-state index contributed by atoms with van der Waals surface area (Å²) in [4.78, 5) is 0. The first-order valence-electron chi connectivity index (χ1n) is 6.52. The monoisotopic (exact) mass is 233 g/mol. The molecule has 0 bridgehead atoms. The SMILES string of the molecule is Cc1cc(C)c(CNCC2CCOC2)c(C)c1. The lowest BCUT2D eigenvalue weighted by Gasteiger charge is -2.14. The first-order chi connectivity index (χ1) is 8.16. The molecule has 94 valence electrons. The Morgan fingerprint density at radius 3 is 2.53 bits per heavy atom. The van der Waals surface area contributed by atoms with Crippen LogP contribution in [0.2, 0.25) is 0 Å². The molecule has 0 saturated carbocycles. The summed E-state index contributed by atoms with van der Waals surface area (Å²) in [5.74, 6) is 0.709. The third-order valence-electron chi connectivity index (χ3n) is 3.60. The highest BCUT2D eigenvalue weighted by Crippen LogP contribution is 2.16. The number of hydrogen-bond acceptors (Lipinski definition) is 2. The second kappa shape index (κ2) is 5.65. The van der Waals surface area contributed by atoms with E-state index in [1.54, 1.807) is 0 Å². The first-order valence-corrected chi connectivity index (χ1v) is 6.52. The summed E-state index contributed by atoms with van der Waals surface area (Å²) >= 11 is 0. The average molecular weight is 233 g/mol. The molecule has 0 spiro atoms. The van der Waals surface area contributed by atoms with E-state index < -0.39 is 0 Å². The topological polar surface area (TPSA) is 21.3 Å². The summed E-state index contributed by atoms with van der Waals surface area (Å²) in [6, 6.07) is 4.53. The van der Waals surface area contributed by atoms with Crippen LogP contribution in [0.1, 0.15) is 28.7 Å². The van der Waals surface area contributed by atoms with E-state index in [-0.39, 0.29) is 0 Å². The van der Waals surface area contributed by atoms with Gasteiger partial charge in [-0.1, -0.05) is 17.7 Å². The molecule has 1 saturated heterocycles. The van der Waals surface area contributed by atoms with Gasteiger partial charge in [-0.05, 0) is 49.8 Å². The van der Waals surface area contributed by atoms with E-state index in [1.807, 2.05) is 0 Å². The summed E-state index contributed by atoms with van der Waals surface area (Å²) in [6.07, 6.45) is 1.21. The van der Waals surface area contributed by atoms with Gasteiger partial charge in [0.25, 0.3) is 0 Å². The van der Waals surface area contributed by atoms with Crippen molar-refractivity contribution in [1.29, 1.82) is 0 Å². The standard InChI is InChI=1S/C15H23NO/c1-11-6-12(2)15(13(3)7-11)9-16-8-14-4-5-17-10-14/h6-7,14,16H,4-5,8-10H2,1-3H3. The summed E-state index contributed by atoms with van der Waals surface area (Å²) in [5, 5.41) is 3.56. The van der Waals surface area contributed by atoms with Crippen molar-refractivity contribution in [2.75, 3.05) is 19.8 Å². The van der Waals surface area contributed by atoms with Crippen molar-refractivity contribution in [2.24, 2.45) is 5.92 Å². The molecule has 1 aromatic carbocycles. The number of aryl methyl sites for hydroxylation is 3. The minimum Gasteiger partial charge on any atom is -0.381 e. The smallest absolute Gasteiger partial charge is 0.0507 e. The van der Waals surface area contributed by atoms with Crippen molar-refractivity contribution < 1.29 is 4.74 Å². The summed E-state index contributed by atoms with van der Waals surface area (Å²) in [6.45, 7) is 10.5. The van der Waals surface area contributed by atoms with E-state index in [9.17, 15) is 0 Å². The highest BCUT2D eigenvalue weighted by atomic mass is 16.5. The van der Waals surface area contributed by atoms with Crippen LogP contribution >= 0.6 is 0 Å². The molecule has 1 N–H and O–H groups in total. The molecule has 2 heteroatoms. The molecule has 0 amide bonds. The fourth-order valence-corrected chi connectivity index (χ4v) is 2.63. The minimum atomic E-state index is 0.709. The van der Waals surface area contributed by atoms with E-state index >= 15 is 0 Å². The Balaban J connectivity index is 1.89. The number of rotatable bonds is 4. The molecule has 1 aromatic rings. The van der Waals surface area contributed by atoms with E-state index in [2.05, 4.69) is 38.2 Å². The Morgan fingerprint density at radius 1 is 1.24 bits per heavy atom. The highest BCUT2D eigenvalue weighted by molar-refractivity contribution is 5.37. The summed E-state index contributed by atoms with van der Waals surface area (Å²) in [5.41, 5.74) is 5.61. The van der Waals surface area contributed by atoms with Gasteiger partial charge in [-0.15, -0.1) is 0 Å². The van der Waals surface area contributed by atoms with Gasteiger partial charge >= 0.3 is 0 Å². The van der Waals surface area contributed by atoms with Gasteiger partial charge in [-0.3, -0.25) is 0 Å². The summed E-state index contributed by atoms with van der Waals surface area (Å²) in [7, 11) is 0. The van der Waals surface area contributed by atoms with Gasteiger partial charge in [0, 0.05) is 19.7 Å². The number of nitrogens with one attached hydrogen (secondary N) is 1. The molecule has 1 unspecified atom stereocenters. The molecular weight excluding hydrogens is 210 g/mol. The molecule has 2 rings (SSSR count). The van der Waals surface area contributed by atoms with Gasteiger partial charge in [-0.25, -0.2) is 0 Å². The number of hydrogen-bond donors (Lipinski definition) is 1. The predicted octanol–water partition coefficient (Wildman–Crippen LogP) is 2.74. The molecule has 17 heavy (non-hydrogen) atoms. The van der Waals surface area contributed by atoms with Crippen molar-refractivity contribution in [3.63, 3.8) is 0 Å². The Morgan fingerprint density at radius 2 is 1.94 bits per heavy atom. The fraction of sp³-hybridized carbons (Fsp3) is 0.600. The van der Waals surface area contributed by atoms with Crippen LogP contribution in [0.5, 0.6) is 0 Å². The van der Waals surface area contributed by atoms with Crippen molar-refractivity contribution in [3.05, 3.63) is 34.4 Å². The van der Waals surface area contributed by atoms with Crippen molar-refractivity contribution >= 4 is 0 Å². The lowest BCUT2D eigenvalue weighted by Crippen LogP contribution is -2.23. The zero-order valence-electron chi connectivity index (χ0n) is 11.2. The quantitative estimate of drug-likeness (QED) is 0.863. The van der Waals surface area contributed by atoms with Crippen LogP contribution in [0.4, 0.5) is 0 Å². The molecule has 1 heterocycles. The van der Waals surface area contributed by atoms with Gasteiger partial charge in [-0.2, -0.15) is 0 Å². The van der Waals surface area contributed by atoms with Gasteiger partial charge in [0.2, 0.25) is 0 Å². The molecule has 1 aliphatic heterocycles. The van der Waals surface area contributed by atoms with Crippen molar-refractivity contribution in [2.45, 2.75) is 33.7 Å². The van der Waals surface area contributed by atoms with Crippen molar-refractivity contribution in [1.82, 2.24) is 5.32 Å². The van der Waals surface area contributed by atoms with Gasteiger partial charge < -0.3 is 10.1 Å². The Kier molecular flexibility index (Phi) is 4.19. The van der Waals surface area contributed by atoms with Crippen LogP contribution in [-0.4, -0.2) is 19.8 Å². The number of ether oxygens (including phenoxy) is 1. The Labute approximate surface area is 104 Å². The largest absolute Gasteiger partial charge is 0.381 e. The van der Waals surface area contributed by atoms with E-state index in [4.69, 9.17) is 4.74 Å². The molecule has 0 aromatic heterocycles. The molecular formula is C15H23NO. The Bertz CT molecular complexity index is 358. The third kappa shape index (κ3) is 3.30. The summed E-state index contributed by atoms with van der Waals surface area (Å²) < 4.78 is 5.38. The van der Waals surface area contributed by atoms with Gasteiger partial charge in [0.05, 0.1) is 6.61 Å². The van der Waals surface area contributed by atoms with Gasteiger partial charge in [0.1, 0.15) is 0 Å². The third-order valence-corrected chi connectivity index (χ3v) is 3.60. The van der Waals surface area contributed by atoms with Crippen LogP contribution in [0.15, 0.2) is 12.1 Å². The molecule has 1 aliphatic rings. The fourth-order valence-electron chi connectivity index (χ4n) is 2.63. The average Bonchev–Trinajstić information content (AvgIpc) is 2.74. The maximum absolute atomic E-state index is 5.38. The lowest BCUT2D eigenvalue weighted by molar-refractivity contribution is 0.185. The van der Waals surface area contributed by atoms with Crippen LogP contribution in [-0.2, 0) is 11.3 Å². The molecule has 0 radical (unpaired) electrons. The minimum absolute atomic E-state index is 0.709. The van der Waals surface area contributed by atoms with Gasteiger partial charge in [0.15, 0.2) is 0 Å². The van der Waals surface area contributed by atoms with Crippen LogP contribution < -0.4 is 5.32 Å². The highest BCUT2D eigenvalue weighted by Gasteiger charge is 2.15. The zero-order valence-corrected chi connectivity index (χ0v) is 11.2. The van der Waals surface area contributed by atoms with Crippen molar-refractivity contribution in [3.8, 4) is 0 Å². The first kappa shape index (κ1) is 12.6. The normalized spacial score (nSPS) is 19.8. The van der Waals surface area contributed by atoms with E-state index in [1.165, 1.54) is 28.7 Å². The predicted molar refractivity (Wildman–Crippen MR) is 71.3 cm³/mol. The molecule has 1 atom stereocenters. The Hall–Kier alpha value is -0.860. The second-order valence-corrected chi connectivity index (χ2v) is 5.24. The molecule has 2 nitrogen and oxygen atoms in total. The van der Waals surface area contributed by atoms with Crippen LogP contribution in [0.3, 0.4) is 0 Å². The van der Waals surface area contributed by atoms with E-state index in [0.717, 1.165) is 26.3 Å². The maximum Gasteiger partial charge on any atom is 0.0507 e. The van der Waals surface area contributed by atoms with Crippen LogP contribution in [0.25, 0.3) is 0 Å². The van der Waals surface area contributed by atoms with E-state index in [0.29, 0.717) is 5.92 Å². The second-order valence-electron chi connectivity index (χ2n) is 5.24. The lowest BCUT2D eigenvalue weighted by atomic mass is 9.99. The van der Waals surface area contributed by atoms with Crippen LogP contribution in [0, 0.1) is 26.7 Å². The maximum atomic E-state index is 5.38. The molecule has 1 fully saturated rings. The molecule has 0 aliphatic carbocycles. The number of benzene rings is 1. The zero-order chi connectivity index (χ0) is 12.3.